The van der Waals surface area contributed by atoms with Gasteiger partial charge in [-0.3, -0.25) is 4.79 Å². The van der Waals surface area contributed by atoms with Crippen LogP contribution in [0.5, 0.6) is 0 Å². The molecule has 1 amide bonds. The second-order valence-electron chi connectivity index (χ2n) is 6.49. The van der Waals surface area contributed by atoms with E-state index in [1.807, 2.05) is 24.3 Å². The maximum atomic E-state index is 12.9. The second-order valence-corrected chi connectivity index (χ2v) is 8.43. The lowest BCUT2D eigenvalue weighted by molar-refractivity contribution is -0.121. The van der Waals surface area contributed by atoms with Gasteiger partial charge in [-0.25, -0.2) is 8.42 Å². The van der Waals surface area contributed by atoms with Crippen LogP contribution in [-0.2, 0) is 14.8 Å². The van der Waals surface area contributed by atoms with Gasteiger partial charge in [0.2, 0.25) is 15.9 Å². The summed E-state index contributed by atoms with van der Waals surface area (Å²) in [5, 5.41) is 4.81. The first kappa shape index (κ1) is 17.9. The standard InChI is InChI=1S/C19H24N2O3S/c1-2-21(14-19(22)20-17-9-5-6-10-17)25(23,24)18-12-11-15-7-3-4-8-16(15)13-18/h3-4,7-8,11-13,17H,2,5-6,9-10,14H2,1H3,(H,20,22). The fourth-order valence-corrected chi connectivity index (χ4v) is 4.79. The molecule has 0 aliphatic heterocycles. The Hall–Kier alpha value is -1.92. The SMILES string of the molecule is CCN(CC(=O)NC1CCCC1)S(=O)(=O)c1ccc2ccccc2c1. The van der Waals surface area contributed by atoms with E-state index in [0.29, 0.717) is 0 Å². The molecule has 0 spiro atoms. The number of benzene rings is 2. The molecule has 0 unspecified atom stereocenters. The lowest BCUT2D eigenvalue weighted by Crippen LogP contribution is -2.43. The summed E-state index contributed by atoms with van der Waals surface area (Å²) in [5.74, 6) is -0.224. The zero-order chi connectivity index (χ0) is 17.9. The van der Waals surface area contributed by atoms with Crippen LogP contribution in [0.4, 0.5) is 0 Å². The second kappa shape index (κ2) is 7.54. The van der Waals surface area contributed by atoms with Crippen LogP contribution in [0, 0.1) is 0 Å². The van der Waals surface area contributed by atoms with E-state index in [2.05, 4.69) is 5.32 Å². The van der Waals surface area contributed by atoms with Gasteiger partial charge in [0.15, 0.2) is 0 Å². The monoisotopic (exact) mass is 360 g/mol. The lowest BCUT2D eigenvalue weighted by atomic mass is 10.1. The maximum absolute atomic E-state index is 12.9. The molecule has 0 saturated heterocycles. The molecular formula is C19H24N2O3S. The number of rotatable bonds is 6. The zero-order valence-corrected chi connectivity index (χ0v) is 15.3. The van der Waals surface area contributed by atoms with E-state index >= 15 is 0 Å². The number of amides is 1. The van der Waals surface area contributed by atoms with Crippen molar-refractivity contribution in [1.29, 1.82) is 0 Å². The average Bonchev–Trinajstić information content (AvgIpc) is 3.12. The number of carbonyl (C=O) groups excluding carboxylic acids is 1. The molecule has 0 atom stereocenters. The third-order valence-electron chi connectivity index (χ3n) is 4.75. The summed E-state index contributed by atoms with van der Waals surface area (Å²) in [6, 6.07) is 12.9. The number of hydrogen-bond acceptors (Lipinski definition) is 3. The molecule has 1 aliphatic carbocycles. The molecule has 5 nitrogen and oxygen atoms in total. The number of fused-ring (bicyclic) bond motifs is 1. The van der Waals surface area contributed by atoms with E-state index in [1.54, 1.807) is 25.1 Å². The Kier molecular flexibility index (Phi) is 5.39. The molecule has 2 aromatic rings. The van der Waals surface area contributed by atoms with Crippen LogP contribution in [0.25, 0.3) is 10.8 Å². The van der Waals surface area contributed by atoms with Crippen LogP contribution in [-0.4, -0.2) is 37.8 Å². The van der Waals surface area contributed by atoms with Gasteiger partial charge in [-0.1, -0.05) is 50.1 Å². The molecule has 2 aromatic carbocycles. The summed E-state index contributed by atoms with van der Waals surface area (Å²) < 4.78 is 27.1. The first-order chi connectivity index (χ1) is 12.0. The summed E-state index contributed by atoms with van der Waals surface area (Å²) in [4.78, 5) is 12.5. The number of nitrogens with zero attached hydrogens (tertiary/aromatic N) is 1. The molecule has 1 saturated carbocycles. The Balaban J connectivity index is 1.78. The fraction of sp³-hybridized carbons (Fsp3) is 0.421. The highest BCUT2D eigenvalue weighted by Crippen LogP contribution is 2.22. The Labute approximate surface area is 149 Å². The van der Waals surface area contributed by atoms with Crippen LogP contribution in [0.2, 0.25) is 0 Å². The Morgan fingerprint density at radius 3 is 2.48 bits per heavy atom. The number of hydrogen-bond donors (Lipinski definition) is 1. The smallest absolute Gasteiger partial charge is 0.243 e. The van der Waals surface area contributed by atoms with Crippen molar-refractivity contribution in [2.75, 3.05) is 13.1 Å². The van der Waals surface area contributed by atoms with Gasteiger partial charge in [0.05, 0.1) is 11.4 Å². The first-order valence-electron chi connectivity index (χ1n) is 8.79. The molecule has 0 aromatic heterocycles. The van der Waals surface area contributed by atoms with Crippen LogP contribution in [0.1, 0.15) is 32.6 Å². The van der Waals surface area contributed by atoms with E-state index in [0.717, 1.165) is 36.5 Å². The van der Waals surface area contributed by atoms with Crippen molar-refractivity contribution >= 4 is 26.7 Å². The van der Waals surface area contributed by atoms with Crippen molar-refractivity contribution in [3.8, 4) is 0 Å². The van der Waals surface area contributed by atoms with Gasteiger partial charge >= 0.3 is 0 Å². The van der Waals surface area contributed by atoms with E-state index in [1.165, 1.54) is 4.31 Å². The van der Waals surface area contributed by atoms with Crippen LogP contribution < -0.4 is 5.32 Å². The number of carbonyl (C=O) groups is 1. The predicted octanol–water partition coefficient (Wildman–Crippen LogP) is 2.91. The molecule has 134 valence electrons. The summed E-state index contributed by atoms with van der Waals surface area (Å²) in [6.45, 7) is 1.87. The minimum Gasteiger partial charge on any atom is -0.352 e. The Bertz CT molecular complexity index is 858. The fourth-order valence-electron chi connectivity index (χ4n) is 3.35. The molecule has 3 rings (SSSR count). The average molecular weight is 360 g/mol. The van der Waals surface area contributed by atoms with E-state index < -0.39 is 10.0 Å². The number of likely N-dealkylation sites (N-methyl/N-ethyl adjacent to an activating group) is 1. The molecule has 0 heterocycles. The largest absolute Gasteiger partial charge is 0.352 e. The van der Waals surface area contributed by atoms with Crippen LogP contribution in [0.15, 0.2) is 47.4 Å². The van der Waals surface area contributed by atoms with E-state index in [4.69, 9.17) is 0 Å². The minimum absolute atomic E-state index is 0.137. The van der Waals surface area contributed by atoms with E-state index in [-0.39, 0.29) is 29.9 Å². The first-order valence-corrected chi connectivity index (χ1v) is 10.2. The van der Waals surface area contributed by atoms with Gasteiger partial charge in [0, 0.05) is 12.6 Å². The molecular weight excluding hydrogens is 336 g/mol. The van der Waals surface area contributed by atoms with Gasteiger partial charge in [-0.2, -0.15) is 4.31 Å². The Morgan fingerprint density at radius 2 is 1.80 bits per heavy atom. The van der Waals surface area contributed by atoms with Gasteiger partial charge in [-0.05, 0) is 35.7 Å². The van der Waals surface area contributed by atoms with Crippen molar-refractivity contribution in [3.63, 3.8) is 0 Å². The van der Waals surface area contributed by atoms with Crippen molar-refractivity contribution in [3.05, 3.63) is 42.5 Å². The topological polar surface area (TPSA) is 66.5 Å². The third kappa shape index (κ3) is 4.02. The van der Waals surface area contributed by atoms with Gasteiger partial charge in [-0.15, -0.1) is 0 Å². The van der Waals surface area contributed by atoms with Gasteiger partial charge < -0.3 is 5.32 Å². The predicted molar refractivity (Wildman–Crippen MR) is 98.8 cm³/mol. The zero-order valence-electron chi connectivity index (χ0n) is 14.4. The summed E-state index contributed by atoms with van der Waals surface area (Å²) in [6.07, 6.45) is 4.21. The molecule has 0 bridgehead atoms. The van der Waals surface area contributed by atoms with Crippen molar-refractivity contribution in [2.24, 2.45) is 0 Å². The quantitative estimate of drug-likeness (QED) is 0.861. The molecule has 1 N–H and O–H groups in total. The van der Waals surface area contributed by atoms with Gasteiger partial charge in [0.25, 0.3) is 0 Å². The lowest BCUT2D eigenvalue weighted by Gasteiger charge is -2.21. The highest BCUT2D eigenvalue weighted by Gasteiger charge is 2.26. The minimum atomic E-state index is -3.70. The Morgan fingerprint density at radius 1 is 1.12 bits per heavy atom. The van der Waals surface area contributed by atoms with Crippen molar-refractivity contribution in [1.82, 2.24) is 9.62 Å². The van der Waals surface area contributed by atoms with Crippen molar-refractivity contribution in [2.45, 2.75) is 43.5 Å². The third-order valence-corrected chi connectivity index (χ3v) is 6.67. The summed E-state index contributed by atoms with van der Waals surface area (Å²) in [7, 11) is -3.70. The number of nitrogens with one attached hydrogen (secondary N) is 1. The normalized spacial score (nSPS) is 15.8. The molecule has 6 heteroatoms. The van der Waals surface area contributed by atoms with Crippen LogP contribution >= 0.6 is 0 Å². The number of sulfonamides is 1. The van der Waals surface area contributed by atoms with E-state index in [9.17, 15) is 13.2 Å². The maximum Gasteiger partial charge on any atom is 0.243 e. The summed E-state index contributed by atoms with van der Waals surface area (Å²) >= 11 is 0. The molecule has 1 fully saturated rings. The molecule has 25 heavy (non-hydrogen) atoms. The summed E-state index contributed by atoms with van der Waals surface area (Å²) in [5.41, 5.74) is 0. The molecule has 0 radical (unpaired) electrons. The highest BCUT2D eigenvalue weighted by atomic mass is 32.2. The van der Waals surface area contributed by atoms with Crippen LogP contribution in [0.3, 0.4) is 0 Å². The van der Waals surface area contributed by atoms with Gasteiger partial charge in [0.1, 0.15) is 0 Å². The molecule has 1 aliphatic rings. The van der Waals surface area contributed by atoms with Crippen molar-refractivity contribution < 1.29 is 13.2 Å². The highest BCUT2D eigenvalue weighted by molar-refractivity contribution is 7.89.